The molecule has 0 atom stereocenters. The Morgan fingerprint density at radius 3 is 2.24 bits per heavy atom. The first-order chi connectivity index (χ1) is 8.15. The molecule has 0 unspecified atom stereocenters. The van der Waals surface area contributed by atoms with Crippen molar-refractivity contribution in [2.45, 2.75) is 6.92 Å². The molecule has 2 amide bonds. The number of halogens is 1. The molecular formula is C13H12BrNO2. The molecule has 17 heavy (non-hydrogen) atoms. The van der Waals surface area contributed by atoms with Crippen LogP contribution in [0.2, 0.25) is 0 Å². The second-order valence-electron chi connectivity index (χ2n) is 3.95. The topological polar surface area (TPSA) is 37.4 Å². The van der Waals surface area contributed by atoms with Crippen molar-refractivity contribution in [3.8, 4) is 0 Å². The zero-order valence-corrected chi connectivity index (χ0v) is 11.0. The second kappa shape index (κ2) is 4.84. The smallest absolute Gasteiger partial charge is 0.261 e. The zero-order chi connectivity index (χ0) is 12.4. The molecule has 0 saturated carbocycles. The summed E-state index contributed by atoms with van der Waals surface area (Å²) in [6, 6.07) is 6.92. The van der Waals surface area contributed by atoms with Crippen LogP contribution in [-0.2, 0) is 0 Å². The number of hydrogen-bond donors (Lipinski definition) is 0. The Kier molecular flexibility index (Phi) is 3.43. The fourth-order valence-corrected chi connectivity index (χ4v) is 1.94. The lowest BCUT2D eigenvalue weighted by Gasteiger charge is -2.11. The van der Waals surface area contributed by atoms with E-state index in [1.165, 1.54) is 4.90 Å². The van der Waals surface area contributed by atoms with Crippen molar-refractivity contribution in [1.82, 2.24) is 4.90 Å². The van der Waals surface area contributed by atoms with Gasteiger partial charge in [0.15, 0.2) is 0 Å². The van der Waals surface area contributed by atoms with E-state index < -0.39 is 0 Å². The Hall–Kier alpha value is -1.42. The van der Waals surface area contributed by atoms with Crippen LogP contribution in [0.5, 0.6) is 0 Å². The van der Waals surface area contributed by atoms with Gasteiger partial charge >= 0.3 is 0 Å². The van der Waals surface area contributed by atoms with Crippen LogP contribution in [0.4, 0.5) is 0 Å². The number of fused-ring (bicyclic) bond motifs is 1. The number of alkyl halides is 1. The Morgan fingerprint density at radius 1 is 1.24 bits per heavy atom. The SMILES string of the molecule is C/C(=C/CN1C(=O)c2ccccc2C1=O)CBr. The predicted octanol–water partition coefficient (Wildman–Crippen LogP) is 2.62. The highest BCUT2D eigenvalue weighted by molar-refractivity contribution is 9.09. The maximum absolute atomic E-state index is 12.0. The first-order valence-corrected chi connectivity index (χ1v) is 6.44. The molecule has 0 fully saturated rings. The monoisotopic (exact) mass is 293 g/mol. The summed E-state index contributed by atoms with van der Waals surface area (Å²) in [5.74, 6) is -0.409. The van der Waals surface area contributed by atoms with Gasteiger partial charge in [0.1, 0.15) is 0 Å². The van der Waals surface area contributed by atoms with Gasteiger partial charge in [0, 0.05) is 11.9 Å². The number of amides is 2. The van der Waals surface area contributed by atoms with Gasteiger partial charge in [0.2, 0.25) is 0 Å². The third kappa shape index (κ3) is 2.17. The van der Waals surface area contributed by atoms with Gasteiger partial charge in [-0.3, -0.25) is 14.5 Å². The van der Waals surface area contributed by atoms with Gasteiger partial charge in [-0.25, -0.2) is 0 Å². The van der Waals surface area contributed by atoms with Gasteiger partial charge < -0.3 is 0 Å². The lowest BCUT2D eigenvalue weighted by atomic mass is 10.1. The second-order valence-corrected chi connectivity index (χ2v) is 4.51. The standard InChI is InChI=1S/C13H12BrNO2/c1-9(8-14)6-7-15-12(16)10-4-2-3-5-11(10)13(15)17/h2-6H,7-8H2,1H3/b9-6-. The van der Waals surface area contributed by atoms with Crippen molar-refractivity contribution in [2.75, 3.05) is 11.9 Å². The molecule has 2 rings (SSSR count). The van der Waals surface area contributed by atoms with Crippen LogP contribution in [0.15, 0.2) is 35.9 Å². The number of rotatable bonds is 3. The van der Waals surface area contributed by atoms with E-state index in [1.54, 1.807) is 24.3 Å². The molecule has 4 heteroatoms. The maximum Gasteiger partial charge on any atom is 0.261 e. The summed E-state index contributed by atoms with van der Waals surface area (Å²) < 4.78 is 0. The van der Waals surface area contributed by atoms with Crippen molar-refractivity contribution in [3.63, 3.8) is 0 Å². The molecule has 0 aromatic heterocycles. The number of imide groups is 1. The van der Waals surface area contributed by atoms with E-state index in [4.69, 9.17) is 0 Å². The van der Waals surface area contributed by atoms with Gasteiger partial charge in [-0.05, 0) is 19.1 Å². The molecule has 0 aliphatic carbocycles. The maximum atomic E-state index is 12.0. The number of benzene rings is 1. The van der Waals surface area contributed by atoms with E-state index in [9.17, 15) is 9.59 Å². The molecule has 1 aliphatic heterocycles. The third-order valence-electron chi connectivity index (χ3n) is 2.71. The number of carbonyl (C=O) groups is 2. The van der Waals surface area contributed by atoms with E-state index in [1.807, 2.05) is 13.0 Å². The van der Waals surface area contributed by atoms with Crippen LogP contribution < -0.4 is 0 Å². The fourth-order valence-electron chi connectivity index (χ4n) is 1.71. The minimum Gasteiger partial charge on any atom is -0.270 e. The van der Waals surface area contributed by atoms with E-state index in [2.05, 4.69) is 15.9 Å². The van der Waals surface area contributed by atoms with Crippen LogP contribution in [0, 0.1) is 0 Å². The van der Waals surface area contributed by atoms with Crippen LogP contribution >= 0.6 is 15.9 Å². The predicted molar refractivity (Wildman–Crippen MR) is 69.4 cm³/mol. The van der Waals surface area contributed by atoms with Gasteiger partial charge in [0.25, 0.3) is 11.8 Å². The minimum atomic E-state index is -0.204. The summed E-state index contributed by atoms with van der Waals surface area (Å²) in [4.78, 5) is 25.2. The molecule has 0 bridgehead atoms. The molecule has 88 valence electrons. The summed E-state index contributed by atoms with van der Waals surface area (Å²) in [6.45, 7) is 2.29. The molecule has 0 N–H and O–H groups in total. The third-order valence-corrected chi connectivity index (χ3v) is 3.60. The van der Waals surface area contributed by atoms with Crippen molar-refractivity contribution in [3.05, 3.63) is 47.0 Å². The molecule has 0 spiro atoms. The zero-order valence-electron chi connectivity index (χ0n) is 9.44. The molecule has 1 aromatic rings. The van der Waals surface area contributed by atoms with Gasteiger partial charge in [0.05, 0.1) is 11.1 Å². The Balaban J connectivity index is 2.25. The quantitative estimate of drug-likeness (QED) is 0.488. The average molecular weight is 294 g/mol. The van der Waals surface area contributed by atoms with Gasteiger partial charge in [-0.15, -0.1) is 0 Å². The molecule has 0 radical (unpaired) electrons. The lowest BCUT2D eigenvalue weighted by molar-refractivity contribution is 0.0672. The van der Waals surface area contributed by atoms with Crippen LogP contribution in [0.25, 0.3) is 0 Å². The van der Waals surface area contributed by atoms with Gasteiger partial charge in [-0.2, -0.15) is 0 Å². The summed E-state index contributed by atoms with van der Waals surface area (Å²) in [7, 11) is 0. The summed E-state index contributed by atoms with van der Waals surface area (Å²) >= 11 is 3.33. The van der Waals surface area contributed by atoms with Crippen molar-refractivity contribution in [2.24, 2.45) is 0 Å². The fraction of sp³-hybridized carbons (Fsp3) is 0.231. The average Bonchev–Trinajstić information content (AvgIpc) is 2.60. The number of nitrogens with zero attached hydrogens (tertiary/aromatic N) is 1. The minimum absolute atomic E-state index is 0.204. The number of allylic oxidation sites excluding steroid dienone is 1. The molecular weight excluding hydrogens is 282 g/mol. The van der Waals surface area contributed by atoms with Gasteiger partial charge in [-0.1, -0.05) is 39.7 Å². The summed E-state index contributed by atoms with van der Waals surface area (Å²) in [5, 5.41) is 0.746. The highest BCUT2D eigenvalue weighted by Crippen LogP contribution is 2.22. The largest absolute Gasteiger partial charge is 0.270 e. The molecule has 1 aromatic carbocycles. The lowest BCUT2D eigenvalue weighted by Crippen LogP contribution is -2.29. The first kappa shape index (κ1) is 12.0. The Bertz CT molecular complexity index is 473. The van der Waals surface area contributed by atoms with Crippen LogP contribution in [0.3, 0.4) is 0 Å². The normalized spacial score (nSPS) is 15.4. The Morgan fingerprint density at radius 2 is 1.76 bits per heavy atom. The first-order valence-electron chi connectivity index (χ1n) is 5.32. The van der Waals surface area contributed by atoms with E-state index in [0.717, 1.165) is 10.9 Å². The molecule has 3 nitrogen and oxygen atoms in total. The number of hydrogen-bond acceptors (Lipinski definition) is 2. The van der Waals surface area contributed by atoms with Crippen LogP contribution in [-0.4, -0.2) is 28.6 Å². The highest BCUT2D eigenvalue weighted by Gasteiger charge is 2.34. The van der Waals surface area contributed by atoms with E-state index >= 15 is 0 Å². The Labute approximate surface area is 108 Å². The molecule has 1 heterocycles. The van der Waals surface area contributed by atoms with Crippen LogP contribution in [0.1, 0.15) is 27.6 Å². The van der Waals surface area contributed by atoms with Crippen molar-refractivity contribution < 1.29 is 9.59 Å². The number of carbonyl (C=O) groups excluding carboxylic acids is 2. The summed E-state index contributed by atoms with van der Waals surface area (Å²) in [5.41, 5.74) is 2.10. The van der Waals surface area contributed by atoms with Crippen molar-refractivity contribution in [1.29, 1.82) is 0 Å². The van der Waals surface area contributed by atoms with E-state index in [0.29, 0.717) is 17.7 Å². The highest BCUT2D eigenvalue weighted by atomic mass is 79.9. The molecule has 1 aliphatic rings. The van der Waals surface area contributed by atoms with Crippen molar-refractivity contribution >= 4 is 27.7 Å². The molecule has 0 saturated heterocycles. The summed E-state index contributed by atoms with van der Waals surface area (Å²) in [6.07, 6.45) is 1.89. The van der Waals surface area contributed by atoms with E-state index in [-0.39, 0.29) is 11.8 Å².